The molecule has 0 aliphatic carbocycles. The van der Waals surface area contributed by atoms with Crippen LogP contribution in [0.1, 0.15) is 18.9 Å². The lowest BCUT2D eigenvalue weighted by atomic mass is 9.93. The number of ether oxygens (including phenoxy) is 1. The quantitative estimate of drug-likeness (QED) is 0.726. The molecule has 1 aromatic carbocycles. The van der Waals surface area contributed by atoms with E-state index >= 15 is 0 Å². The second-order valence-corrected chi connectivity index (χ2v) is 5.75. The average molecular weight is 306 g/mol. The van der Waals surface area contributed by atoms with E-state index < -0.39 is 5.60 Å². The minimum absolute atomic E-state index is 0.509. The van der Waals surface area contributed by atoms with Crippen LogP contribution in [0.25, 0.3) is 0 Å². The summed E-state index contributed by atoms with van der Waals surface area (Å²) >= 11 is 12.0. The Morgan fingerprint density at radius 2 is 2.05 bits per heavy atom. The summed E-state index contributed by atoms with van der Waals surface area (Å²) in [5.74, 6) is 0. The predicted octanol–water partition coefficient (Wildman–Crippen LogP) is 2.91. The van der Waals surface area contributed by atoms with Gasteiger partial charge in [0.15, 0.2) is 0 Å². The molecule has 5 heteroatoms. The maximum atomic E-state index is 10.4. The van der Waals surface area contributed by atoms with Crippen LogP contribution in [0.5, 0.6) is 0 Å². The Kier molecular flexibility index (Phi) is 7.11. The molecule has 0 heterocycles. The van der Waals surface area contributed by atoms with Gasteiger partial charge in [0.2, 0.25) is 0 Å². The van der Waals surface area contributed by atoms with Crippen LogP contribution in [0.4, 0.5) is 0 Å². The molecule has 1 unspecified atom stereocenters. The fraction of sp³-hybridized carbons (Fsp3) is 0.571. The summed E-state index contributed by atoms with van der Waals surface area (Å²) in [6.45, 7) is 4.01. The van der Waals surface area contributed by atoms with E-state index in [1.165, 1.54) is 0 Å². The molecule has 1 aromatic rings. The number of rotatable bonds is 8. The topological polar surface area (TPSA) is 41.5 Å². The first kappa shape index (κ1) is 16.7. The van der Waals surface area contributed by atoms with Crippen molar-refractivity contribution in [3.63, 3.8) is 0 Å². The Balaban J connectivity index is 2.44. The van der Waals surface area contributed by atoms with E-state index in [1.807, 2.05) is 13.0 Å². The maximum absolute atomic E-state index is 10.4. The zero-order valence-electron chi connectivity index (χ0n) is 11.4. The summed E-state index contributed by atoms with van der Waals surface area (Å²) < 4.78 is 4.94. The molecule has 0 saturated carbocycles. The summed E-state index contributed by atoms with van der Waals surface area (Å²) in [5, 5.41) is 14.8. The fourth-order valence-corrected chi connectivity index (χ4v) is 2.30. The van der Waals surface area contributed by atoms with Crippen LogP contribution >= 0.6 is 23.2 Å². The molecule has 108 valence electrons. The van der Waals surface area contributed by atoms with Gasteiger partial charge in [0, 0.05) is 30.1 Å². The monoisotopic (exact) mass is 305 g/mol. The molecule has 0 saturated heterocycles. The van der Waals surface area contributed by atoms with E-state index in [4.69, 9.17) is 27.9 Å². The third-order valence-electron chi connectivity index (χ3n) is 2.91. The lowest BCUT2D eigenvalue weighted by molar-refractivity contribution is 0.0510. The van der Waals surface area contributed by atoms with Crippen molar-refractivity contribution in [3.05, 3.63) is 33.8 Å². The minimum atomic E-state index is -0.794. The smallest absolute Gasteiger partial charge is 0.0672 e. The fourth-order valence-electron chi connectivity index (χ4n) is 1.82. The predicted molar refractivity (Wildman–Crippen MR) is 80.2 cm³/mol. The normalized spacial score (nSPS) is 14.4. The second-order valence-electron chi connectivity index (χ2n) is 4.90. The molecule has 1 atom stereocenters. The molecule has 2 N–H and O–H groups in total. The molecule has 0 fully saturated rings. The lowest BCUT2D eigenvalue weighted by Crippen LogP contribution is -2.33. The molecule has 0 aliphatic rings. The Labute approximate surface area is 124 Å². The van der Waals surface area contributed by atoms with Gasteiger partial charge in [-0.15, -0.1) is 0 Å². The first-order valence-electron chi connectivity index (χ1n) is 6.30. The van der Waals surface area contributed by atoms with Crippen LogP contribution in [0, 0.1) is 0 Å². The van der Waals surface area contributed by atoms with Gasteiger partial charge in [-0.05, 0) is 37.6 Å². The molecular weight excluding hydrogens is 285 g/mol. The van der Waals surface area contributed by atoms with Gasteiger partial charge in [-0.2, -0.15) is 0 Å². The van der Waals surface area contributed by atoms with E-state index in [1.54, 1.807) is 19.2 Å². The summed E-state index contributed by atoms with van der Waals surface area (Å²) in [7, 11) is 1.67. The van der Waals surface area contributed by atoms with Crippen molar-refractivity contribution >= 4 is 23.2 Å². The van der Waals surface area contributed by atoms with Crippen LogP contribution in [-0.4, -0.2) is 37.5 Å². The van der Waals surface area contributed by atoms with Crippen molar-refractivity contribution in [3.8, 4) is 0 Å². The molecule has 1 rings (SSSR count). The highest BCUT2D eigenvalue weighted by atomic mass is 35.5. The maximum Gasteiger partial charge on any atom is 0.0672 e. The van der Waals surface area contributed by atoms with Crippen LogP contribution in [-0.2, 0) is 11.2 Å². The standard InChI is InChI=1S/C14H21Cl2NO2/c1-14(18,5-6-17-7-8-19-2)10-11-3-4-12(15)9-13(11)16/h3-4,9,17-18H,5-8,10H2,1-2H3. The number of nitrogens with one attached hydrogen (secondary N) is 1. The highest BCUT2D eigenvalue weighted by Crippen LogP contribution is 2.25. The van der Waals surface area contributed by atoms with Gasteiger partial charge in [-0.3, -0.25) is 0 Å². The first-order chi connectivity index (χ1) is 8.94. The van der Waals surface area contributed by atoms with Gasteiger partial charge in [0.05, 0.1) is 12.2 Å². The lowest BCUT2D eigenvalue weighted by Gasteiger charge is -2.24. The van der Waals surface area contributed by atoms with Crippen LogP contribution < -0.4 is 5.32 Å². The number of aliphatic hydroxyl groups is 1. The van der Waals surface area contributed by atoms with Crippen molar-refractivity contribution in [2.24, 2.45) is 0 Å². The van der Waals surface area contributed by atoms with Gasteiger partial charge in [-0.1, -0.05) is 29.3 Å². The Morgan fingerprint density at radius 3 is 2.68 bits per heavy atom. The number of methoxy groups -OCH3 is 1. The zero-order valence-corrected chi connectivity index (χ0v) is 12.9. The Hall–Kier alpha value is -0.320. The Bertz CT molecular complexity index is 397. The molecule has 0 bridgehead atoms. The number of hydrogen-bond donors (Lipinski definition) is 2. The molecule has 0 aliphatic heterocycles. The van der Waals surface area contributed by atoms with E-state index in [-0.39, 0.29) is 0 Å². The summed E-state index contributed by atoms with van der Waals surface area (Å²) in [6.07, 6.45) is 1.16. The molecule has 0 aromatic heterocycles. The molecule has 0 spiro atoms. The molecule has 0 amide bonds. The molecule has 19 heavy (non-hydrogen) atoms. The number of benzene rings is 1. The third kappa shape index (κ3) is 6.59. The largest absolute Gasteiger partial charge is 0.390 e. The third-order valence-corrected chi connectivity index (χ3v) is 3.50. The minimum Gasteiger partial charge on any atom is -0.390 e. The molecule has 3 nitrogen and oxygen atoms in total. The molecule has 0 radical (unpaired) electrons. The van der Waals surface area contributed by atoms with E-state index in [0.717, 1.165) is 18.7 Å². The van der Waals surface area contributed by atoms with E-state index in [9.17, 15) is 5.11 Å². The summed E-state index contributed by atoms with van der Waals surface area (Å²) in [4.78, 5) is 0. The van der Waals surface area contributed by atoms with E-state index in [0.29, 0.717) is 29.5 Å². The van der Waals surface area contributed by atoms with Crippen molar-refractivity contribution in [2.75, 3.05) is 26.8 Å². The first-order valence-corrected chi connectivity index (χ1v) is 7.06. The van der Waals surface area contributed by atoms with Gasteiger partial charge >= 0.3 is 0 Å². The van der Waals surface area contributed by atoms with Crippen LogP contribution in [0.2, 0.25) is 10.0 Å². The van der Waals surface area contributed by atoms with Crippen LogP contribution in [0.15, 0.2) is 18.2 Å². The van der Waals surface area contributed by atoms with Crippen molar-refractivity contribution < 1.29 is 9.84 Å². The van der Waals surface area contributed by atoms with Gasteiger partial charge in [0.25, 0.3) is 0 Å². The van der Waals surface area contributed by atoms with E-state index in [2.05, 4.69) is 5.32 Å². The summed E-state index contributed by atoms with van der Waals surface area (Å²) in [6, 6.07) is 5.35. The number of hydrogen-bond acceptors (Lipinski definition) is 3. The van der Waals surface area contributed by atoms with Crippen LogP contribution in [0.3, 0.4) is 0 Å². The second kappa shape index (κ2) is 8.08. The van der Waals surface area contributed by atoms with Crippen molar-refractivity contribution in [1.82, 2.24) is 5.32 Å². The highest BCUT2D eigenvalue weighted by molar-refractivity contribution is 6.35. The van der Waals surface area contributed by atoms with Gasteiger partial charge < -0.3 is 15.2 Å². The summed E-state index contributed by atoms with van der Waals surface area (Å²) in [5.41, 5.74) is 0.116. The zero-order chi connectivity index (χ0) is 14.3. The van der Waals surface area contributed by atoms with Gasteiger partial charge in [-0.25, -0.2) is 0 Å². The highest BCUT2D eigenvalue weighted by Gasteiger charge is 2.21. The number of halogens is 2. The van der Waals surface area contributed by atoms with Crippen molar-refractivity contribution in [1.29, 1.82) is 0 Å². The molecular formula is C14H21Cl2NO2. The van der Waals surface area contributed by atoms with Crippen molar-refractivity contribution in [2.45, 2.75) is 25.4 Å². The Morgan fingerprint density at radius 1 is 1.32 bits per heavy atom. The van der Waals surface area contributed by atoms with Gasteiger partial charge in [0.1, 0.15) is 0 Å². The SMILES string of the molecule is COCCNCCC(C)(O)Cc1ccc(Cl)cc1Cl. The average Bonchev–Trinajstić information content (AvgIpc) is 2.32.